The van der Waals surface area contributed by atoms with Gasteiger partial charge in [0, 0.05) is 17.3 Å². The first-order valence-corrected chi connectivity index (χ1v) is 14.6. The summed E-state index contributed by atoms with van der Waals surface area (Å²) in [7, 11) is -2.21. The molecule has 1 fully saturated rings. The first kappa shape index (κ1) is 28.2. The summed E-state index contributed by atoms with van der Waals surface area (Å²) in [5.74, 6) is -0.600. The number of hydrogen-bond donors (Lipinski definition) is 2. The van der Waals surface area contributed by atoms with Crippen LogP contribution in [0, 0.1) is 0 Å². The van der Waals surface area contributed by atoms with Crippen molar-refractivity contribution in [1.82, 2.24) is 9.55 Å². The summed E-state index contributed by atoms with van der Waals surface area (Å²) in [6, 6.07) is 8.36. The van der Waals surface area contributed by atoms with E-state index in [-0.39, 0.29) is 32.0 Å². The predicted octanol–water partition coefficient (Wildman–Crippen LogP) is 3.48. The maximum absolute atomic E-state index is 13.0. The molecule has 2 aromatic rings. The van der Waals surface area contributed by atoms with Crippen LogP contribution in [0.3, 0.4) is 0 Å². The lowest BCUT2D eigenvalue weighted by atomic mass is 10.0. The summed E-state index contributed by atoms with van der Waals surface area (Å²) < 4.78 is 20.1. The van der Waals surface area contributed by atoms with Gasteiger partial charge in [-0.15, -0.1) is 0 Å². The standard InChI is InChI=1S/C26H39N3O6Si/c1-17(2)36(18(3)4,19(5)6)34-16-26(14-30)15-33-13-23(35-26)29-12-11-22(28-25(29)32)20-9-7-8-10-21(20)24(27)31/h7-12,17-19,23,30H,13-16H2,1-6H3,(H2,27,31)/t23-,26-/m1/s1. The molecular formula is C26H39N3O6Si. The van der Waals surface area contributed by atoms with Crippen LogP contribution in [-0.2, 0) is 13.9 Å². The molecular weight excluding hydrogens is 478 g/mol. The topological polar surface area (TPSA) is 126 Å². The van der Waals surface area contributed by atoms with Crippen LogP contribution < -0.4 is 11.4 Å². The van der Waals surface area contributed by atoms with Crippen LogP contribution in [-0.4, -0.2) is 60.9 Å². The molecule has 3 rings (SSSR count). The van der Waals surface area contributed by atoms with E-state index >= 15 is 0 Å². The fourth-order valence-electron chi connectivity index (χ4n) is 5.50. The molecule has 3 N–H and O–H groups in total. The van der Waals surface area contributed by atoms with E-state index in [0.717, 1.165) is 0 Å². The van der Waals surface area contributed by atoms with Gasteiger partial charge in [0.1, 0.15) is 5.60 Å². The molecule has 1 aliphatic heterocycles. The van der Waals surface area contributed by atoms with Crippen LogP contribution >= 0.6 is 0 Å². The SMILES string of the molecule is CC(C)[Si](OC[C@@]1(CO)COC[C@H](n2ccc(-c3ccccc3C(N)=O)nc2=O)O1)(C(C)C)C(C)C. The molecule has 0 saturated carbocycles. The van der Waals surface area contributed by atoms with Crippen LogP contribution in [0.5, 0.6) is 0 Å². The largest absolute Gasteiger partial charge is 0.413 e. The van der Waals surface area contributed by atoms with Crippen molar-refractivity contribution in [3.8, 4) is 11.3 Å². The number of ether oxygens (including phenoxy) is 2. The smallest absolute Gasteiger partial charge is 0.350 e. The number of amides is 1. The van der Waals surface area contributed by atoms with Crippen LogP contribution in [0.15, 0.2) is 41.3 Å². The Labute approximate surface area is 213 Å². The minimum Gasteiger partial charge on any atom is -0.413 e. The summed E-state index contributed by atoms with van der Waals surface area (Å²) in [6.07, 6.45) is 0.767. The van der Waals surface area contributed by atoms with Gasteiger partial charge in [0.15, 0.2) is 14.5 Å². The zero-order valence-electron chi connectivity index (χ0n) is 22.1. The first-order valence-electron chi connectivity index (χ1n) is 12.5. The Kier molecular flexibility index (Phi) is 8.89. The first-order chi connectivity index (χ1) is 17.0. The molecule has 9 nitrogen and oxygen atoms in total. The number of aliphatic hydroxyl groups excluding tert-OH is 1. The Bertz CT molecular complexity index is 1100. The van der Waals surface area contributed by atoms with Gasteiger partial charge < -0.3 is 24.7 Å². The Morgan fingerprint density at radius 3 is 2.39 bits per heavy atom. The van der Waals surface area contributed by atoms with Crippen molar-refractivity contribution >= 4 is 14.2 Å². The van der Waals surface area contributed by atoms with Gasteiger partial charge in [-0.05, 0) is 28.8 Å². The van der Waals surface area contributed by atoms with Gasteiger partial charge in [-0.3, -0.25) is 9.36 Å². The second-order valence-corrected chi connectivity index (χ2v) is 15.9. The summed E-state index contributed by atoms with van der Waals surface area (Å²) in [4.78, 5) is 29.0. The lowest BCUT2D eigenvalue weighted by molar-refractivity contribution is -0.247. The van der Waals surface area contributed by atoms with E-state index in [2.05, 4.69) is 46.5 Å². The van der Waals surface area contributed by atoms with E-state index in [4.69, 9.17) is 19.6 Å². The maximum Gasteiger partial charge on any atom is 0.350 e. The molecule has 1 aliphatic rings. The highest BCUT2D eigenvalue weighted by Crippen LogP contribution is 2.43. The third-order valence-corrected chi connectivity index (χ3v) is 13.3. The Balaban J connectivity index is 1.87. The molecule has 1 amide bonds. The van der Waals surface area contributed by atoms with Gasteiger partial charge in [-0.25, -0.2) is 4.79 Å². The normalized spacial score (nSPS) is 20.9. The predicted molar refractivity (Wildman–Crippen MR) is 140 cm³/mol. The maximum atomic E-state index is 13.0. The average Bonchev–Trinajstić information content (AvgIpc) is 2.83. The molecule has 0 spiro atoms. The summed E-state index contributed by atoms with van der Waals surface area (Å²) in [5.41, 5.74) is 6.02. The van der Waals surface area contributed by atoms with Gasteiger partial charge in [-0.2, -0.15) is 4.98 Å². The number of carbonyl (C=O) groups is 1. The molecule has 36 heavy (non-hydrogen) atoms. The zero-order valence-corrected chi connectivity index (χ0v) is 23.1. The molecule has 1 aromatic carbocycles. The van der Waals surface area contributed by atoms with Gasteiger partial charge >= 0.3 is 5.69 Å². The quantitative estimate of drug-likeness (QED) is 0.462. The number of primary amides is 1. The van der Waals surface area contributed by atoms with Gasteiger partial charge in [0.2, 0.25) is 5.91 Å². The Morgan fingerprint density at radius 1 is 1.19 bits per heavy atom. The Hall–Kier alpha value is -2.37. The van der Waals surface area contributed by atoms with Crippen LogP contribution in [0.25, 0.3) is 11.3 Å². The minimum absolute atomic E-state index is 0.127. The fourth-order valence-corrected chi connectivity index (χ4v) is 11.0. The fraction of sp³-hybridized carbons (Fsp3) is 0.577. The van der Waals surface area contributed by atoms with Crippen molar-refractivity contribution in [3.05, 3.63) is 52.6 Å². The van der Waals surface area contributed by atoms with E-state index < -0.39 is 31.7 Å². The molecule has 1 saturated heterocycles. The molecule has 0 aliphatic carbocycles. The number of carbonyl (C=O) groups excluding carboxylic acids is 1. The molecule has 198 valence electrons. The van der Waals surface area contributed by atoms with Gasteiger partial charge in [0.05, 0.1) is 32.1 Å². The van der Waals surface area contributed by atoms with Crippen molar-refractivity contribution in [2.24, 2.45) is 5.73 Å². The highest BCUT2D eigenvalue weighted by molar-refractivity contribution is 6.77. The van der Waals surface area contributed by atoms with Crippen LogP contribution in [0.2, 0.25) is 16.6 Å². The zero-order chi connectivity index (χ0) is 26.7. The number of nitrogens with zero attached hydrogens (tertiary/aromatic N) is 2. The number of aliphatic hydroxyl groups is 1. The minimum atomic E-state index is -2.21. The second kappa shape index (κ2) is 11.3. The van der Waals surface area contributed by atoms with Crippen LogP contribution in [0.1, 0.15) is 58.1 Å². The van der Waals surface area contributed by atoms with E-state index in [0.29, 0.717) is 27.9 Å². The van der Waals surface area contributed by atoms with E-state index in [1.807, 2.05) is 0 Å². The number of aromatic nitrogens is 2. The van der Waals surface area contributed by atoms with E-state index in [1.165, 1.54) is 4.57 Å². The number of rotatable bonds is 10. The van der Waals surface area contributed by atoms with Crippen molar-refractivity contribution in [3.63, 3.8) is 0 Å². The molecule has 0 radical (unpaired) electrons. The number of nitrogens with two attached hydrogens (primary N) is 1. The third-order valence-electron chi connectivity index (χ3n) is 7.20. The van der Waals surface area contributed by atoms with Crippen molar-refractivity contribution < 1.29 is 23.8 Å². The van der Waals surface area contributed by atoms with Gasteiger partial charge in [0.25, 0.3) is 0 Å². The lowest BCUT2D eigenvalue weighted by Crippen LogP contribution is -2.57. The molecule has 0 bridgehead atoms. The number of hydrogen-bond acceptors (Lipinski definition) is 7. The molecule has 0 unspecified atom stereocenters. The molecule has 2 atom stereocenters. The van der Waals surface area contributed by atoms with E-state index in [9.17, 15) is 14.7 Å². The van der Waals surface area contributed by atoms with Crippen LogP contribution in [0.4, 0.5) is 0 Å². The molecule has 1 aromatic heterocycles. The third kappa shape index (κ3) is 5.47. The average molecular weight is 518 g/mol. The van der Waals surface area contributed by atoms with Crippen molar-refractivity contribution in [2.45, 2.75) is 70.0 Å². The summed E-state index contributed by atoms with van der Waals surface area (Å²) in [5, 5.41) is 10.3. The highest BCUT2D eigenvalue weighted by atomic mass is 28.4. The van der Waals surface area contributed by atoms with Gasteiger partial charge in [-0.1, -0.05) is 59.7 Å². The Morgan fingerprint density at radius 2 is 1.83 bits per heavy atom. The second-order valence-electron chi connectivity index (χ2n) is 10.4. The molecule has 2 heterocycles. The van der Waals surface area contributed by atoms with E-state index in [1.54, 1.807) is 36.5 Å². The lowest BCUT2D eigenvalue weighted by Gasteiger charge is -2.46. The molecule has 10 heteroatoms. The van der Waals surface area contributed by atoms with Crippen molar-refractivity contribution in [1.29, 1.82) is 0 Å². The summed E-state index contributed by atoms with van der Waals surface area (Å²) in [6.45, 7) is 13.3. The summed E-state index contributed by atoms with van der Waals surface area (Å²) >= 11 is 0. The van der Waals surface area contributed by atoms with Crippen molar-refractivity contribution in [2.75, 3.05) is 26.4 Å². The number of benzene rings is 1. The monoisotopic (exact) mass is 517 g/mol. The highest BCUT2D eigenvalue weighted by Gasteiger charge is 2.48.